The highest BCUT2D eigenvalue weighted by molar-refractivity contribution is 6.29. The van der Waals surface area contributed by atoms with Gasteiger partial charge in [0.15, 0.2) is 0 Å². The summed E-state index contributed by atoms with van der Waals surface area (Å²) < 4.78 is 2.65. The van der Waals surface area contributed by atoms with Crippen LogP contribution in [0.1, 0.15) is 72.2 Å². The van der Waals surface area contributed by atoms with Gasteiger partial charge in [0.2, 0.25) is 0 Å². The van der Waals surface area contributed by atoms with Gasteiger partial charge in [-0.15, -0.1) is 0 Å². The zero-order chi connectivity index (χ0) is 54.4. The first-order chi connectivity index (χ1) is 40.2. The van der Waals surface area contributed by atoms with Crippen LogP contribution in [0.2, 0.25) is 0 Å². The van der Waals surface area contributed by atoms with E-state index in [1.807, 2.05) is 0 Å². The van der Waals surface area contributed by atoms with Gasteiger partial charge in [0.25, 0.3) is 0 Å². The van der Waals surface area contributed by atoms with Crippen LogP contribution in [-0.4, -0.2) is 4.40 Å². The molecule has 0 amide bonds. The zero-order valence-electron chi connectivity index (χ0n) is 46.2. The number of anilines is 6. The van der Waals surface area contributed by atoms with E-state index in [-0.39, 0.29) is 10.8 Å². The molecule has 0 N–H and O–H groups in total. The Labute approximate surface area is 477 Å². The Kier molecular flexibility index (Phi) is 9.01. The number of nitrogens with zero attached hydrogens (tertiary/aromatic N) is 3. The topological polar surface area (TPSA) is 10.9 Å². The van der Waals surface area contributed by atoms with Crippen molar-refractivity contribution in [2.24, 2.45) is 0 Å². The second-order valence-corrected chi connectivity index (χ2v) is 24.3. The van der Waals surface area contributed by atoms with Crippen LogP contribution in [0, 0.1) is 0 Å². The summed E-state index contributed by atoms with van der Waals surface area (Å²) in [4.78, 5) is 5.09. The van der Waals surface area contributed by atoms with Crippen LogP contribution in [0.5, 0.6) is 0 Å². The van der Waals surface area contributed by atoms with Crippen molar-refractivity contribution in [2.75, 3.05) is 9.80 Å². The molecular weight excluding hydrogens is 991 g/mol. The highest BCUT2D eigenvalue weighted by Crippen LogP contribution is 2.67. The summed E-state index contributed by atoms with van der Waals surface area (Å²) in [6.45, 7) is 9.56. The van der Waals surface area contributed by atoms with Gasteiger partial charge in [-0.3, -0.25) is 0 Å². The van der Waals surface area contributed by atoms with Gasteiger partial charge < -0.3 is 14.2 Å². The van der Waals surface area contributed by atoms with Gasteiger partial charge in [-0.25, -0.2) is 0 Å². The van der Waals surface area contributed by atoms with Crippen molar-refractivity contribution in [2.45, 2.75) is 43.9 Å². The lowest BCUT2D eigenvalue weighted by Gasteiger charge is -2.34. The van der Waals surface area contributed by atoms with E-state index in [0.29, 0.717) is 0 Å². The molecule has 0 radical (unpaired) electrons. The smallest absolute Gasteiger partial charge is 0.0727 e. The standard InChI is InChI=1S/C79H55N3/c1-77(2)63-33-16-11-26-53(63)57-41-38-50(44-67(57)77)80(48-22-7-5-8-23-48)51-40-43-61-69(46-51)79(65-35-18-13-28-55(65)56-29-14-19-36-66(56)79)70-47-72(74-62-32-21-31-60-59-30-15-20-37-71(59)82(75(60)62)76(74)73(61)70)81(49-24-9-6-10-25-49)52-39-42-58-54-27-12-17-34-64(54)78(3,4)68(58)45-52/h5-47H,1-4H3. The molecule has 2 heterocycles. The van der Waals surface area contributed by atoms with Crippen molar-refractivity contribution in [3.8, 4) is 44.5 Å². The Morgan fingerprint density at radius 2 is 0.707 bits per heavy atom. The molecule has 0 fully saturated rings. The Balaban J connectivity index is 0.977. The third kappa shape index (κ3) is 5.70. The Hall–Kier alpha value is -9.96. The normalized spacial score (nSPS) is 14.9. The SMILES string of the molecule is CC1(C)c2ccccc2-c2ccc(N(c3ccccc3)c3ccc4c(c3)C3(c5ccccc5-c5ccccc53)c3cc(N(c5ccccc5)c5ccc6c(c5)C(C)(C)c5ccccc5-6)c5c6cccc7c8ccccc8n(c5c3-4)c76)cc21. The maximum atomic E-state index is 2.65. The summed E-state index contributed by atoms with van der Waals surface area (Å²) in [6.07, 6.45) is 0. The molecule has 0 atom stereocenters. The maximum absolute atomic E-state index is 2.65. The molecule has 2 aromatic heterocycles. The Morgan fingerprint density at radius 1 is 0.280 bits per heavy atom. The predicted molar refractivity (Wildman–Crippen MR) is 342 cm³/mol. The number of aromatic nitrogens is 1. The van der Waals surface area contributed by atoms with Crippen molar-refractivity contribution in [3.63, 3.8) is 0 Å². The molecule has 18 rings (SSSR count). The van der Waals surface area contributed by atoms with Crippen molar-refractivity contribution in [1.82, 2.24) is 4.40 Å². The van der Waals surface area contributed by atoms with Gasteiger partial charge in [0.05, 0.1) is 27.7 Å². The molecule has 82 heavy (non-hydrogen) atoms. The van der Waals surface area contributed by atoms with Crippen LogP contribution < -0.4 is 9.80 Å². The molecule has 0 bridgehead atoms. The first-order valence-electron chi connectivity index (χ1n) is 29.0. The summed E-state index contributed by atoms with van der Waals surface area (Å²) in [5.41, 5.74) is 30.5. The maximum Gasteiger partial charge on any atom is 0.0727 e. The van der Waals surface area contributed by atoms with E-state index >= 15 is 0 Å². The second kappa shape index (κ2) is 16.1. The van der Waals surface area contributed by atoms with E-state index < -0.39 is 5.41 Å². The van der Waals surface area contributed by atoms with Crippen molar-refractivity contribution < 1.29 is 0 Å². The highest BCUT2D eigenvalue weighted by atomic mass is 15.2. The average molecular weight is 1050 g/mol. The summed E-state index contributed by atoms with van der Waals surface area (Å²) in [6, 6.07) is 99.3. The Morgan fingerprint density at radius 3 is 1.29 bits per heavy atom. The molecule has 1 spiro atoms. The molecule has 3 nitrogen and oxygen atoms in total. The van der Waals surface area contributed by atoms with E-state index in [2.05, 4.69) is 303 Å². The summed E-state index contributed by atoms with van der Waals surface area (Å²) >= 11 is 0. The minimum absolute atomic E-state index is 0.163. The fraction of sp³-hybridized carbons (Fsp3) is 0.0886. The lowest BCUT2D eigenvalue weighted by atomic mass is 9.70. The minimum atomic E-state index is -0.706. The molecule has 0 unspecified atom stereocenters. The number of benzene rings is 12. The van der Waals surface area contributed by atoms with Gasteiger partial charge in [-0.2, -0.15) is 0 Å². The van der Waals surface area contributed by atoms with Crippen LogP contribution in [-0.2, 0) is 16.2 Å². The zero-order valence-corrected chi connectivity index (χ0v) is 46.2. The fourth-order valence-corrected chi connectivity index (χ4v) is 16.2. The molecule has 0 saturated carbocycles. The number of hydrogen-bond acceptors (Lipinski definition) is 2. The van der Waals surface area contributed by atoms with E-state index in [9.17, 15) is 0 Å². The number of rotatable bonds is 6. The van der Waals surface area contributed by atoms with Gasteiger partial charge in [-0.1, -0.05) is 216 Å². The lowest BCUT2D eigenvalue weighted by Crippen LogP contribution is -2.26. The summed E-state index contributed by atoms with van der Waals surface area (Å²) in [5, 5.41) is 5.03. The largest absolute Gasteiger partial charge is 0.310 e. The Bertz CT molecular complexity index is 5010. The van der Waals surface area contributed by atoms with Gasteiger partial charge in [0.1, 0.15) is 0 Å². The van der Waals surface area contributed by atoms with E-state index in [0.717, 1.165) is 34.1 Å². The molecule has 3 heteroatoms. The highest BCUT2D eigenvalue weighted by Gasteiger charge is 2.53. The first-order valence-corrected chi connectivity index (χ1v) is 29.0. The predicted octanol–water partition coefficient (Wildman–Crippen LogP) is 20.7. The number of para-hydroxylation sites is 4. The van der Waals surface area contributed by atoms with Crippen molar-refractivity contribution in [1.29, 1.82) is 0 Å². The molecule has 4 aliphatic rings. The number of fused-ring (bicyclic) bond motifs is 23. The van der Waals surface area contributed by atoms with E-state index in [1.54, 1.807) is 0 Å². The first kappa shape index (κ1) is 45.9. The van der Waals surface area contributed by atoms with Crippen LogP contribution >= 0.6 is 0 Å². The van der Waals surface area contributed by atoms with Crippen molar-refractivity contribution in [3.05, 3.63) is 305 Å². The third-order valence-electron chi connectivity index (χ3n) is 19.7. The lowest BCUT2D eigenvalue weighted by molar-refractivity contribution is 0.660. The number of hydrogen-bond donors (Lipinski definition) is 0. The van der Waals surface area contributed by atoms with Crippen molar-refractivity contribution >= 4 is 72.2 Å². The van der Waals surface area contributed by atoms with Gasteiger partial charge in [0, 0.05) is 66.4 Å². The molecule has 12 aromatic carbocycles. The van der Waals surface area contributed by atoms with Gasteiger partial charge in [-0.05, 0) is 156 Å². The molecule has 14 aromatic rings. The van der Waals surface area contributed by atoms with Crippen LogP contribution in [0.3, 0.4) is 0 Å². The van der Waals surface area contributed by atoms with Crippen LogP contribution in [0.4, 0.5) is 34.1 Å². The van der Waals surface area contributed by atoms with Gasteiger partial charge >= 0.3 is 0 Å². The molecule has 0 saturated heterocycles. The summed E-state index contributed by atoms with van der Waals surface area (Å²) in [7, 11) is 0. The van der Waals surface area contributed by atoms with Crippen LogP contribution in [0.15, 0.2) is 261 Å². The molecule has 4 aliphatic carbocycles. The molecule has 386 valence electrons. The third-order valence-corrected chi connectivity index (χ3v) is 19.7. The molecule has 0 aliphatic heterocycles. The molecular formula is C79H55N3. The minimum Gasteiger partial charge on any atom is -0.310 e. The monoisotopic (exact) mass is 1050 g/mol. The average Bonchev–Trinajstić information content (AvgIpc) is 2.48. The quantitative estimate of drug-likeness (QED) is 0.164. The van der Waals surface area contributed by atoms with E-state index in [4.69, 9.17) is 0 Å². The second-order valence-electron chi connectivity index (χ2n) is 24.3. The fourth-order valence-electron chi connectivity index (χ4n) is 16.2. The summed E-state index contributed by atoms with van der Waals surface area (Å²) in [5.74, 6) is 0. The van der Waals surface area contributed by atoms with E-state index in [1.165, 1.54) is 127 Å². The van der Waals surface area contributed by atoms with Crippen LogP contribution in [0.25, 0.3) is 82.6 Å².